The number of Topliss-reactive ketones (excluding diaryl/α,β-unsaturated/α-hetero) is 1. The minimum atomic E-state index is 0.403. The fourth-order valence-electron chi connectivity index (χ4n) is 2.21. The van der Waals surface area contributed by atoms with Crippen LogP contribution in [-0.4, -0.2) is 19.5 Å². The second-order valence-electron chi connectivity index (χ2n) is 3.31. The largest absolute Gasteiger partial charge is 0.384 e. The molecule has 0 N–H and O–H groups in total. The number of rotatable bonds is 2. The van der Waals surface area contributed by atoms with Crippen LogP contribution in [-0.2, 0) is 9.53 Å². The van der Waals surface area contributed by atoms with Gasteiger partial charge in [-0.2, -0.15) is 0 Å². The van der Waals surface area contributed by atoms with Crippen molar-refractivity contribution in [3.63, 3.8) is 0 Å². The van der Waals surface area contributed by atoms with Crippen molar-refractivity contribution in [2.24, 2.45) is 17.8 Å². The van der Waals surface area contributed by atoms with Crippen LogP contribution in [0.3, 0.4) is 0 Å². The number of fused-ring (bicyclic) bond motifs is 1. The molecular formula is C8H12O2. The monoisotopic (exact) mass is 140 g/mol. The Kier molecular flexibility index (Phi) is 1.31. The first-order valence-electron chi connectivity index (χ1n) is 3.86. The fraction of sp³-hybridized carbons (Fsp3) is 0.875. The molecule has 0 spiro atoms. The van der Waals surface area contributed by atoms with Crippen LogP contribution in [0.1, 0.15) is 12.8 Å². The SMILES string of the molecule is COC[C@H]1[C@@H]2CCC(=O)[C@@H]21. The van der Waals surface area contributed by atoms with Crippen molar-refractivity contribution in [1.29, 1.82) is 0 Å². The van der Waals surface area contributed by atoms with Crippen LogP contribution in [0.15, 0.2) is 0 Å². The van der Waals surface area contributed by atoms with E-state index in [4.69, 9.17) is 4.74 Å². The Morgan fingerprint density at radius 3 is 3.00 bits per heavy atom. The molecule has 0 amide bonds. The van der Waals surface area contributed by atoms with Gasteiger partial charge in [0.1, 0.15) is 5.78 Å². The minimum Gasteiger partial charge on any atom is -0.384 e. The first-order valence-corrected chi connectivity index (χ1v) is 3.86. The number of methoxy groups -OCH3 is 1. The smallest absolute Gasteiger partial charge is 0.136 e. The normalized spacial score (nSPS) is 43.7. The molecule has 0 aliphatic heterocycles. The van der Waals surface area contributed by atoms with Crippen LogP contribution < -0.4 is 0 Å². The molecule has 3 atom stereocenters. The van der Waals surface area contributed by atoms with Crippen LogP contribution >= 0.6 is 0 Å². The van der Waals surface area contributed by atoms with Crippen LogP contribution in [0.25, 0.3) is 0 Å². The maximum Gasteiger partial charge on any atom is 0.136 e. The molecule has 56 valence electrons. The first-order chi connectivity index (χ1) is 4.84. The van der Waals surface area contributed by atoms with Gasteiger partial charge in [-0.05, 0) is 18.3 Å². The highest BCUT2D eigenvalue weighted by Crippen LogP contribution is 2.55. The molecule has 10 heavy (non-hydrogen) atoms. The molecule has 0 heterocycles. The minimum absolute atomic E-state index is 0.403. The Morgan fingerprint density at radius 2 is 2.50 bits per heavy atom. The number of hydrogen-bond acceptors (Lipinski definition) is 2. The van der Waals surface area contributed by atoms with Crippen molar-refractivity contribution >= 4 is 5.78 Å². The zero-order valence-corrected chi connectivity index (χ0v) is 6.17. The number of hydrogen-bond donors (Lipinski definition) is 0. The highest BCUT2D eigenvalue weighted by atomic mass is 16.5. The second-order valence-corrected chi connectivity index (χ2v) is 3.31. The highest BCUT2D eigenvalue weighted by molar-refractivity contribution is 5.87. The topological polar surface area (TPSA) is 26.3 Å². The maximum absolute atomic E-state index is 11.0. The molecule has 0 bridgehead atoms. The number of carbonyl (C=O) groups excluding carboxylic acids is 1. The second kappa shape index (κ2) is 2.06. The van der Waals surface area contributed by atoms with Gasteiger partial charge in [0.2, 0.25) is 0 Å². The first kappa shape index (κ1) is 6.35. The lowest BCUT2D eigenvalue weighted by molar-refractivity contribution is -0.119. The molecule has 0 saturated heterocycles. The Balaban J connectivity index is 1.92. The molecule has 0 aromatic carbocycles. The molecule has 0 radical (unpaired) electrons. The summed E-state index contributed by atoms with van der Waals surface area (Å²) in [4.78, 5) is 11.0. The zero-order valence-electron chi connectivity index (χ0n) is 6.17. The lowest BCUT2D eigenvalue weighted by Crippen LogP contribution is -2.03. The summed E-state index contributed by atoms with van der Waals surface area (Å²) in [5.74, 6) is 2.17. The van der Waals surface area contributed by atoms with E-state index in [2.05, 4.69) is 0 Å². The molecule has 2 aliphatic rings. The lowest BCUT2D eigenvalue weighted by atomic mass is 10.1. The summed E-state index contributed by atoms with van der Waals surface area (Å²) in [6.45, 7) is 0.793. The third-order valence-electron chi connectivity index (χ3n) is 2.79. The maximum atomic E-state index is 11.0. The van der Waals surface area contributed by atoms with E-state index in [0.717, 1.165) is 19.4 Å². The fourth-order valence-corrected chi connectivity index (χ4v) is 2.21. The lowest BCUT2D eigenvalue weighted by Gasteiger charge is -1.98. The molecule has 2 fully saturated rings. The molecule has 2 nitrogen and oxygen atoms in total. The zero-order chi connectivity index (χ0) is 7.14. The Labute approximate surface area is 60.6 Å². The summed E-state index contributed by atoms with van der Waals surface area (Å²) in [5.41, 5.74) is 0. The molecule has 0 aromatic heterocycles. The van der Waals surface area contributed by atoms with Crippen LogP contribution in [0.2, 0.25) is 0 Å². The van der Waals surface area contributed by atoms with Crippen molar-refractivity contribution in [2.45, 2.75) is 12.8 Å². The molecule has 0 aromatic rings. The van der Waals surface area contributed by atoms with Crippen molar-refractivity contribution in [2.75, 3.05) is 13.7 Å². The van der Waals surface area contributed by atoms with Gasteiger partial charge in [-0.3, -0.25) is 4.79 Å². The van der Waals surface area contributed by atoms with Gasteiger partial charge in [-0.1, -0.05) is 0 Å². The standard InChI is InChI=1S/C8H12O2/c1-10-4-6-5-2-3-7(9)8(5)6/h5-6,8H,2-4H2,1H3/t5-,6-,8-/m0/s1. The third-order valence-corrected chi connectivity index (χ3v) is 2.79. The number of ketones is 1. The number of ether oxygens (including phenoxy) is 1. The Hall–Kier alpha value is -0.370. The third kappa shape index (κ3) is 0.717. The van der Waals surface area contributed by atoms with Gasteiger partial charge in [0.25, 0.3) is 0 Å². The van der Waals surface area contributed by atoms with Gasteiger partial charge in [-0.15, -0.1) is 0 Å². The molecule has 2 aliphatic carbocycles. The number of carbonyl (C=O) groups is 1. The van der Waals surface area contributed by atoms with E-state index >= 15 is 0 Å². The molecule has 2 rings (SSSR count). The van der Waals surface area contributed by atoms with E-state index in [-0.39, 0.29) is 0 Å². The van der Waals surface area contributed by atoms with E-state index in [9.17, 15) is 4.79 Å². The van der Waals surface area contributed by atoms with Crippen molar-refractivity contribution in [1.82, 2.24) is 0 Å². The van der Waals surface area contributed by atoms with Crippen LogP contribution in [0, 0.1) is 17.8 Å². The van der Waals surface area contributed by atoms with Gasteiger partial charge in [0.15, 0.2) is 0 Å². The Morgan fingerprint density at radius 1 is 1.70 bits per heavy atom. The highest BCUT2D eigenvalue weighted by Gasteiger charge is 2.57. The summed E-state index contributed by atoms with van der Waals surface area (Å²) in [6, 6.07) is 0. The van der Waals surface area contributed by atoms with Gasteiger partial charge < -0.3 is 4.74 Å². The summed E-state index contributed by atoms with van der Waals surface area (Å²) in [6.07, 6.45) is 1.95. The molecule has 2 saturated carbocycles. The summed E-state index contributed by atoms with van der Waals surface area (Å²) in [7, 11) is 1.71. The van der Waals surface area contributed by atoms with E-state index in [1.54, 1.807) is 7.11 Å². The van der Waals surface area contributed by atoms with Crippen LogP contribution in [0.4, 0.5) is 0 Å². The predicted molar refractivity (Wildman–Crippen MR) is 36.6 cm³/mol. The van der Waals surface area contributed by atoms with Crippen LogP contribution in [0.5, 0.6) is 0 Å². The van der Waals surface area contributed by atoms with Gasteiger partial charge in [-0.25, -0.2) is 0 Å². The van der Waals surface area contributed by atoms with E-state index in [0.29, 0.717) is 23.5 Å². The van der Waals surface area contributed by atoms with E-state index in [1.807, 2.05) is 0 Å². The average molecular weight is 140 g/mol. The van der Waals surface area contributed by atoms with Gasteiger partial charge in [0.05, 0.1) is 0 Å². The molecule has 2 heteroatoms. The van der Waals surface area contributed by atoms with E-state index in [1.165, 1.54) is 0 Å². The predicted octanol–water partition coefficient (Wildman–Crippen LogP) is 0.858. The molecular weight excluding hydrogens is 128 g/mol. The Bertz CT molecular complexity index is 165. The van der Waals surface area contributed by atoms with Gasteiger partial charge in [0, 0.05) is 26.1 Å². The summed E-state index contributed by atoms with van der Waals surface area (Å²) >= 11 is 0. The van der Waals surface area contributed by atoms with Crippen molar-refractivity contribution < 1.29 is 9.53 Å². The van der Waals surface area contributed by atoms with Crippen molar-refractivity contribution in [3.8, 4) is 0 Å². The summed E-state index contributed by atoms with van der Waals surface area (Å²) in [5, 5.41) is 0. The average Bonchev–Trinajstić information content (AvgIpc) is 2.45. The van der Waals surface area contributed by atoms with Gasteiger partial charge >= 0.3 is 0 Å². The van der Waals surface area contributed by atoms with E-state index < -0.39 is 0 Å². The summed E-state index contributed by atoms with van der Waals surface area (Å²) < 4.78 is 5.00. The quantitative estimate of drug-likeness (QED) is 0.568. The molecule has 0 unspecified atom stereocenters. The van der Waals surface area contributed by atoms with Crippen molar-refractivity contribution in [3.05, 3.63) is 0 Å².